The second-order valence-corrected chi connectivity index (χ2v) is 19.4. The molecule has 3 unspecified atom stereocenters. The third kappa shape index (κ3) is 41.4. The molecule has 1 aliphatic rings. The monoisotopic (exact) mass is 911 g/mol. The van der Waals surface area contributed by atoms with Crippen LogP contribution in [0.2, 0.25) is 0 Å². The second-order valence-electron chi connectivity index (χ2n) is 18.0. The summed E-state index contributed by atoms with van der Waals surface area (Å²) >= 11 is 0. The summed E-state index contributed by atoms with van der Waals surface area (Å²) in [5.41, 5.74) is 0. The fraction of sp³-hybridized carbons (Fsp3) is 0.960. The van der Waals surface area contributed by atoms with E-state index in [1.807, 2.05) is 0 Å². The van der Waals surface area contributed by atoms with E-state index >= 15 is 0 Å². The Balaban J connectivity index is 0.0000372. The number of esters is 2. The Hall–Kier alpha value is -0.0300. The Morgan fingerprint density at radius 3 is 1.32 bits per heavy atom. The third-order valence-electron chi connectivity index (χ3n) is 11.9. The van der Waals surface area contributed by atoms with E-state index in [2.05, 4.69) is 20.8 Å². The van der Waals surface area contributed by atoms with Crippen LogP contribution in [-0.2, 0) is 42.1 Å². The van der Waals surface area contributed by atoms with Crippen molar-refractivity contribution in [2.75, 3.05) is 26.4 Å². The summed E-state index contributed by atoms with van der Waals surface area (Å²) in [7, 11) is -4.77. The van der Waals surface area contributed by atoms with Crippen molar-refractivity contribution in [3.05, 3.63) is 0 Å². The van der Waals surface area contributed by atoms with Crippen LogP contribution >= 0.6 is 7.82 Å². The van der Waals surface area contributed by atoms with Crippen LogP contribution in [0.1, 0.15) is 265 Å². The number of carbonyl (C=O) groups is 2. The van der Waals surface area contributed by atoms with Crippen LogP contribution in [0.3, 0.4) is 0 Å². The molecule has 0 aromatic heterocycles. The van der Waals surface area contributed by atoms with E-state index in [9.17, 15) is 19.0 Å². The Morgan fingerprint density at radius 1 is 0.532 bits per heavy atom. The van der Waals surface area contributed by atoms with Gasteiger partial charge in [-0.05, 0) is 25.7 Å². The molecule has 1 heterocycles. The first-order valence-electron chi connectivity index (χ1n) is 26.0. The van der Waals surface area contributed by atoms with Crippen molar-refractivity contribution in [1.29, 1.82) is 0 Å². The third-order valence-corrected chi connectivity index (χ3v) is 12.8. The molecule has 0 N–H and O–H groups in total. The van der Waals surface area contributed by atoms with E-state index in [1.54, 1.807) is 0 Å². The Kier molecular flexibility index (Phi) is 46.1. The van der Waals surface area contributed by atoms with Gasteiger partial charge in [0, 0.05) is 12.8 Å². The predicted octanol–water partition coefficient (Wildman–Crippen LogP) is 11.6. The van der Waals surface area contributed by atoms with E-state index in [-0.39, 0.29) is 68.5 Å². The fourth-order valence-electron chi connectivity index (χ4n) is 7.95. The SMILES string of the molecule is CCCCCCCCCCCCCCCC1OCC(COP(=O)([O-])OC[C@@H](COC(=O)CCCCCCCCCCCCC)OC(=O)CCCCCCCCCCCCC)O1.[Na+]. The molecular formula is C50H96NaO10P. The number of unbranched alkanes of at least 4 members (excludes halogenated alkanes) is 32. The predicted molar refractivity (Wildman–Crippen MR) is 247 cm³/mol. The molecule has 62 heavy (non-hydrogen) atoms. The van der Waals surface area contributed by atoms with Crippen LogP contribution in [0.5, 0.6) is 0 Å². The molecule has 1 aliphatic heterocycles. The summed E-state index contributed by atoms with van der Waals surface area (Å²) in [6.07, 6.45) is 41.9. The van der Waals surface area contributed by atoms with E-state index in [4.69, 9.17) is 28.0 Å². The number of carbonyl (C=O) groups excluding carboxylic acids is 2. The van der Waals surface area contributed by atoms with Crippen LogP contribution in [-0.4, -0.2) is 56.9 Å². The minimum absolute atomic E-state index is 0. The van der Waals surface area contributed by atoms with Crippen LogP contribution in [0.15, 0.2) is 0 Å². The van der Waals surface area contributed by atoms with Crippen molar-refractivity contribution in [1.82, 2.24) is 0 Å². The number of phosphoric ester groups is 1. The van der Waals surface area contributed by atoms with Gasteiger partial charge >= 0.3 is 41.5 Å². The maximum absolute atomic E-state index is 12.8. The summed E-state index contributed by atoms with van der Waals surface area (Å²) in [6.45, 7) is 5.97. The minimum Gasteiger partial charge on any atom is -0.756 e. The molecule has 0 spiro atoms. The molecular weight excluding hydrogens is 815 g/mol. The average Bonchev–Trinajstić information content (AvgIpc) is 3.71. The van der Waals surface area contributed by atoms with Crippen molar-refractivity contribution in [3.8, 4) is 0 Å². The molecule has 1 saturated heterocycles. The molecule has 0 radical (unpaired) electrons. The zero-order valence-corrected chi connectivity index (χ0v) is 43.9. The summed E-state index contributed by atoms with van der Waals surface area (Å²) in [4.78, 5) is 38.1. The van der Waals surface area contributed by atoms with Gasteiger partial charge in [0.05, 0.1) is 19.8 Å². The number of rotatable bonds is 47. The molecule has 1 fully saturated rings. The molecule has 362 valence electrons. The van der Waals surface area contributed by atoms with Gasteiger partial charge in [-0.15, -0.1) is 0 Å². The summed E-state index contributed by atoms with van der Waals surface area (Å²) in [5.74, 6) is -0.853. The van der Waals surface area contributed by atoms with Crippen molar-refractivity contribution in [2.45, 2.75) is 283 Å². The van der Waals surface area contributed by atoms with Crippen LogP contribution in [0.25, 0.3) is 0 Å². The van der Waals surface area contributed by atoms with Gasteiger partial charge in [-0.1, -0.05) is 226 Å². The molecule has 0 aromatic rings. The molecule has 12 heteroatoms. The van der Waals surface area contributed by atoms with Gasteiger partial charge in [-0.2, -0.15) is 0 Å². The van der Waals surface area contributed by atoms with E-state index in [1.165, 1.54) is 167 Å². The van der Waals surface area contributed by atoms with Gasteiger partial charge in [0.2, 0.25) is 0 Å². The molecule has 1 rings (SSSR count). The zero-order chi connectivity index (χ0) is 44.3. The Morgan fingerprint density at radius 2 is 0.903 bits per heavy atom. The quantitative estimate of drug-likeness (QED) is 0.0252. The van der Waals surface area contributed by atoms with Crippen LogP contribution in [0, 0.1) is 0 Å². The first-order valence-corrected chi connectivity index (χ1v) is 27.5. The summed E-state index contributed by atoms with van der Waals surface area (Å²) < 4.78 is 45.7. The fourth-order valence-corrected chi connectivity index (χ4v) is 8.72. The molecule has 10 nitrogen and oxygen atoms in total. The summed E-state index contributed by atoms with van der Waals surface area (Å²) in [6, 6.07) is 0. The van der Waals surface area contributed by atoms with Crippen molar-refractivity contribution < 1.29 is 76.6 Å². The van der Waals surface area contributed by atoms with Gasteiger partial charge in [-0.3, -0.25) is 14.2 Å². The van der Waals surface area contributed by atoms with Crippen LogP contribution < -0.4 is 34.5 Å². The van der Waals surface area contributed by atoms with Gasteiger partial charge in [0.15, 0.2) is 12.4 Å². The Bertz CT molecular complexity index is 1040. The summed E-state index contributed by atoms with van der Waals surface area (Å²) in [5, 5.41) is 0. The number of phosphoric acid groups is 1. The first-order chi connectivity index (χ1) is 29.8. The maximum Gasteiger partial charge on any atom is 1.00 e. The standard InChI is InChI=1S/C50H97O10P.Na/c1-4-7-10-13-16-19-22-23-26-29-32-35-38-41-50-56-43-47(60-50)45-58-61(53,54)57-44-46(59-49(52)40-37-34-31-28-25-21-18-15-12-9-6-3)42-55-48(51)39-36-33-30-27-24-20-17-14-11-8-5-2;/h46-47,50H,4-45H2,1-3H3,(H,53,54);/q;+1/p-1/t46-,47?,50?;/m1./s1. The molecule has 0 saturated carbocycles. The van der Waals surface area contributed by atoms with E-state index in [0.717, 1.165) is 57.8 Å². The van der Waals surface area contributed by atoms with Crippen LogP contribution in [0.4, 0.5) is 0 Å². The number of hydrogen-bond acceptors (Lipinski definition) is 10. The molecule has 4 atom stereocenters. The van der Waals surface area contributed by atoms with Crippen molar-refractivity contribution in [2.24, 2.45) is 0 Å². The minimum atomic E-state index is -4.77. The van der Waals surface area contributed by atoms with Gasteiger partial charge in [-0.25, -0.2) is 0 Å². The topological polar surface area (TPSA) is 130 Å². The van der Waals surface area contributed by atoms with Gasteiger partial charge < -0.3 is 32.9 Å². The Labute approximate surface area is 403 Å². The van der Waals surface area contributed by atoms with E-state index in [0.29, 0.717) is 6.42 Å². The van der Waals surface area contributed by atoms with Gasteiger partial charge in [0.1, 0.15) is 12.7 Å². The molecule has 0 bridgehead atoms. The van der Waals surface area contributed by atoms with E-state index < -0.39 is 38.6 Å². The largest absolute Gasteiger partial charge is 1.00 e. The average molecular weight is 911 g/mol. The van der Waals surface area contributed by atoms with Crippen molar-refractivity contribution >= 4 is 19.8 Å². The number of ether oxygens (including phenoxy) is 4. The molecule has 0 amide bonds. The molecule has 0 aromatic carbocycles. The second kappa shape index (κ2) is 46.1. The normalized spacial score (nSPS) is 16.5. The van der Waals surface area contributed by atoms with Gasteiger partial charge in [0.25, 0.3) is 7.82 Å². The smallest absolute Gasteiger partial charge is 0.756 e. The first kappa shape index (κ1) is 62.0. The van der Waals surface area contributed by atoms with Crippen molar-refractivity contribution in [3.63, 3.8) is 0 Å². The molecule has 0 aliphatic carbocycles. The number of hydrogen-bond donors (Lipinski definition) is 0. The zero-order valence-electron chi connectivity index (χ0n) is 41.0. The maximum atomic E-state index is 12.8.